The van der Waals surface area contributed by atoms with Crippen molar-refractivity contribution < 1.29 is 17.9 Å². The molecule has 1 amide bonds. The lowest BCUT2D eigenvalue weighted by molar-refractivity contribution is -0.111. The molecule has 0 saturated carbocycles. The Hall–Kier alpha value is -2.64. The third kappa shape index (κ3) is 5.21. The lowest BCUT2D eigenvalue weighted by atomic mass is 10.0. The Kier molecular flexibility index (Phi) is 6.99. The fourth-order valence-corrected chi connectivity index (χ4v) is 3.42. The van der Waals surface area contributed by atoms with E-state index < -0.39 is 10.0 Å². The molecule has 2 aromatic carbocycles. The van der Waals surface area contributed by atoms with Gasteiger partial charge in [-0.1, -0.05) is 38.1 Å². The molecule has 0 atom stereocenters. The molecule has 0 aliphatic carbocycles. The van der Waals surface area contributed by atoms with E-state index in [0.717, 1.165) is 9.87 Å². The zero-order valence-electron chi connectivity index (χ0n) is 16.8. The molecule has 0 bridgehead atoms. The minimum Gasteiger partial charge on any atom is -0.495 e. The molecule has 0 fully saturated rings. The monoisotopic (exact) mass is 402 g/mol. The molecule has 0 saturated heterocycles. The summed E-state index contributed by atoms with van der Waals surface area (Å²) >= 11 is 0. The average Bonchev–Trinajstić information content (AvgIpc) is 2.66. The van der Waals surface area contributed by atoms with E-state index in [9.17, 15) is 13.2 Å². The highest BCUT2D eigenvalue weighted by atomic mass is 32.2. The van der Waals surface area contributed by atoms with E-state index in [2.05, 4.69) is 19.2 Å². The highest BCUT2D eigenvalue weighted by Gasteiger charge is 2.19. The first-order valence-electron chi connectivity index (χ1n) is 8.84. The van der Waals surface area contributed by atoms with Crippen LogP contribution in [0.2, 0.25) is 0 Å². The molecule has 7 heteroatoms. The first-order chi connectivity index (χ1) is 13.1. The lowest BCUT2D eigenvalue weighted by Crippen LogP contribution is -2.22. The van der Waals surface area contributed by atoms with Gasteiger partial charge in [0.15, 0.2) is 0 Å². The number of hydrogen-bond acceptors (Lipinski definition) is 4. The van der Waals surface area contributed by atoms with E-state index in [0.29, 0.717) is 11.7 Å². The molecule has 28 heavy (non-hydrogen) atoms. The number of rotatable bonds is 7. The molecule has 6 nitrogen and oxygen atoms in total. The van der Waals surface area contributed by atoms with E-state index in [1.807, 2.05) is 24.3 Å². The summed E-state index contributed by atoms with van der Waals surface area (Å²) < 4.78 is 31.0. The standard InChI is InChI=1S/C21H26N2O4S/c1-15(2)17-9-6-16(7-10-17)8-13-21(24)22-19-14-18(11-12-20(19)27-5)28(25,26)23(3)4/h6-15H,1-5H3,(H,22,24)/b13-8+. The first-order valence-corrected chi connectivity index (χ1v) is 10.3. The Balaban J connectivity index is 2.20. The molecule has 0 aliphatic heterocycles. The SMILES string of the molecule is COc1ccc(S(=O)(=O)N(C)C)cc1NC(=O)/C=C/c1ccc(C(C)C)cc1. The van der Waals surface area contributed by atoms with Crippen LogP contribution in [0.5, 0.6) is 5.75 Å². The Labute approximate surface area is 166 Å². The van der Waals surface area contributed by atoms with E-state index in [1.54, 1.807) is 6.08 Å². The maximum atomic E-state index is 12.3. The van der Waals surface area contributed by atoms with Crippen LogP contribution < -0.4 is 10.1 Å². The molecule has 2 aromatic rings. The highest BCUT2D eigenvalue weighted by Crippen LogP contribution is 2.28. The number of carbonyl (C=O) groups is 1. The van der Waals surface area contributed by atoms with Gasteiger partial charge in [-0.2, -0.15) is 0 Å². The van der Waals surface area contributed by atoms with E-state index >= 15 is 0 Å². The van der Waals surface area contributed by atoms with Crippen molar-refractivity contribution in [2.75, 3.05) is 26.5 Å². The third-order valence-electron chi connectivity index (χ3n) is 4.24. The summed E-state index contributed by atoms with van der Waals surface area (Å²) in [6.45, 7) is 4.24. The summed E-state index contributed by atoms with van der Waals surface area (Å²) in [5, 5.41) is 2.68. The molecule has 1 N–H and O–H groups in total. The predicted octanol–water partition coefficient (Wildman–Crippen LogP) is 3.72. The number of carbonyl (C=O) groups excluding carboxylic acids is 1. The topological polar surface area (TPSA) is 75.7 Å². The van der Waals surface area contributed by atoms with Gasteiger partial charge in [-0.3, -0.25) is 4.79 Å². The molecule has 0 aromatic heterocycles. The van der Waals surface area contributed by atoms with Gasteiger partial charge < -0.3 is 10.1 Å². The molecule has 0 aliphatic rings. The number of nitrogens with one attached hydrogen (secondary N) is 1. The fourth-order valence-electron chi connectivity index (χ4n) is 2.49. The van der Waals surface area contributed by atoms with Gasteiger partial charge in [0, 0.05) is 20.2 Å². The second-order valence-corrected chi connectivity index (χ2v) is 8.95. The van der Waals surface area contributed by atoms with Crippen LogP contribution in [0.25, 0.3) is 6.08 Å². The Morgan fingerprint density at radius 3 is 2.29 bits per heavy atom. The number of hydrogen-bond donors (Lipinski definition) is 1. The van der Waals surface area contributed by atoms with E-state index in [-0.39, 0.29) is 16.5 Å². The second kappa shape index (κ2) is 9.03. The molecule has 2 rings (SSSR count). The van der Waals surface area contributed by atoms with Crippen LogP contribution in [0.3, 0.4) is 0 Å². The van der Waals surface area contributed by atoms with Crippen molar-refractivity contribution in [1.82, 2.24) is 4.31 Å². The van der Waals surface area contributed by atoms with Crippen LogP contribution >= 0.6 is 0 Å². The second-order valence-electron chi connectivity index (χ2n) is 6.79. The number of sulfonamides is 1. The van der Waals surface area contributed by atoms with Crippen LogP contribution in [0.4, 0.5) is 5.69 Å². The zero-order valence-corrected chi connectivity index (χ0v) is 17.6. The zero-order chi connectivity index (χ0) is 20.9. The maximum Gasteiger partial charge on any atom is 0.248 e. The molecule has 0 heterocycles. The molecule has 0 unspecified atom stereocenters. The van der Waals surface area contributed by atoms with Crippen molar-refractivity contribution in [3.8, 4) is 5.75 Å². The van der Waals surface area contributed by atoms with Crippen molar-refractivity contribution in [3.63, 3.8) is 0 Å². The van der Waals surface area contributed by atoms with Crippen LogP contribution in [0, 0.1) is 0 Å². The van der Waals surface area contributed by atoms with Crippen molar-refractivity contribution >= 4 is 27.7 Å². The van der Waals surface area contributed by atoms with Crippen LogP contribution in [0.1, 0.15) is 30.9 Å². The third-order valence-corrected chi connectivity index (χ3v) is 6.05. The quantitative estimate of drug-likeness (QED) is 0.716. The predicted molar refractivity (Wildman–Crippen MR) is 112 cm³/mol. The van der Waals surface area contributed by atoms with Gasteiger partial charge >= 0.3 is 0 Å². The molecular formula is C21H26N2O4S. The summed E-state index contributed by atoms with van der Waals surface area (Å²) in [7, 11) is 0.736. The fraction of sp³-hybridized carbons (Fsp3) is 0.286. The summed E-state index contributed by atoms with van der Waals surface area (Å²) in [5.41, 5.74) is 2.41. The molecular weight excluding hydrogens is 376 g/mol. The summed E-state index contributed by atoms with van der Waals surface area (Å²) in [5.74, 6) is 0.436. The Morgan fingerprint density at radius 1 is 1.11 bits per heavy atom. The van der Waals surface area contributed by atoms with Gasteiger partial charge in [-0.15, -0.1) is 0 Å². The lowest BCUT2D eigenvalue weighted by Gasteiger charge is -2.14. The van der Waals surface area contributed by atoms with Crippen LogP contribution in [-0.4, -0.2) is 39.8 Å². The maximum absolute atomic E-state index is 12.3. The number of amides is 1. The number of anilines is 1. The van der Waals surface area contributed by atoms with Gasteiger partial charge in [-0.05, 0) is 41.3 Å². The number of methoxy groups -OCH3 is 1. The average molecular weight is 403 g/mol. The van der Waals surface area contributed by atoms with Crippen molar-refractivity contribution in [2.24, 2.45) is 0 Å². The summed E-state index contributed by atoms with van der Waals surface area (Å²) in [6.07, 6.45) is 3.10. The Bertz CT molecular complexity index is 962. The number of ether oxygens (including phenoxy) is 1. The van der Waals surface area contributed by atoms with Crippen molar-refractivity contribution in [3.05, 3.63) is 59.7 Å². The smallest absolute Gasteiger partial charge is 0.248 e. The van der Waals surface area contributed by atoms with Gasteiger partial charge in [0.2, 0.25) is 15.9 Å². The minimum absolute atomic E-state index is 0.0712. The van der Waals surface area contributed by atoms with Gasteiger partial charge in [0.25, 0.3) is 0 Å². The molecule has 150 valence electrons. The van der Waals surface area contributed by atoms with Gasteiger partial charge in [0.05, 0.1) is 17.7 Å². The van der Waals surface area contributed by atoms with Crippen LogP contribution in [-0.2, 0) is 14.8 Å². The first kappa shape index (κ1) is 21.7. The van der Waals surface area contributed by atoms with Crippen LogP contribution in [0.15, 0.2) is 53.4 Å². The molecule has 0 spiro atoms. The van der Waals surface area contributed by atoms with Gasteiger partial charge in [0.1, 0.15) is 5.75 Å². The minimum atomic E-state index is -3.62. The number of benzene rings is 2. The highest BCUT2D eigenvalue weighted by molar-refractivity contribution is 7.89. The van der Waals surface area contributed by atoms with Gasteiger partial charge in [-0.25, -0.2) is 12.7 Å². The molecule has 0 radical (unpaired) electrons. The summed E-state index contributed by atoms with van der Waals surface area (Å²) in [4.78, 5) is 12.4. The summed E-state index contributed by atoms with van der Waals surface area (Å²) in [6, 6.07) is 12.3. The Morgan fingerprint density at radius 2 is 1.75 bits per heavy atom. The van der Waals surface area contributed by atoms with Crippen molar-refractivity contribution in [2.45, 2.75) is 24.7 Å². The van der Waals surface area contributed by atoms with Crippen molar-refractivity contribution in [1.29, 1.82) is 0 Å². The largest absolute Gasteiger partial charge is 0.495 e. The van der Waals surface area contributed by atoms with E-state index in [1.165, 1.54) is 51.0 Å². The number of nitrogens with zero attached hydrogens (tertiary/aromatic N) is 1. The van der Waals surface area contributed by atoms with E-state index in [4.69, 9.17) is 4.74 Å². The normalized spacial score (nSPS) is 12.0.